The van der Waals surface area contributed by atoms with Crippen LogP contribution in [0.15, 0.2) is 51.8 Å². The Hall–Kier alpha value is -1.57. The number of benzene rings is 2. The molecule has 0 fully saturated rings. The molecule has 21 heavy (non-hydrogen) atoms. The summed E-state index contributed by atoms with van der Waals surface area (Å²) in [5, 5.41) is 9.27. The Balaban J connectivity index is 2.38. The number of methoxy groups -OCH3 is 1. The number of halogens is 1. The van der Waals surface area contributed by atoms with Gasteiger partial charge in [-0.25, -0.2) is 8.42 Å². The molecule has 2 rings (SSSR count). The molecule has 0 amide bonds. The van der Waals surface area contributed by atoms with E-state index in [0.29, 0.717) is 21.5 Å². The van der Waals surface area contributed by atoms with Gasteiger partial charge in [0.2, 0.25) is 0 Å². The SMILES string of the molecule is COc1ccc(S(=O)(=O)Nc2ccccc2Br)cc1CO. The van der Waals surface area contributed by atoms with Gasteiger partial charge in [0, 0.05) is 10.0 Å². The fourth-order valence-corrected chi connectivity index (χ4v) is 3.44. The van der Waals surface area contributed by atoms with Gasteiger partial charge in [-0.3, -0.25) is 4.72 Å². The smallest absolute Gasteiger partial charge is 0.261 e. The Bertz CT molecular complexity index is 746. The lowest BCUT2D eigenvalue weighted by molar-refractivity contribution is 0.273. The van der Waals surface area contributed by atoms with Gasteiger partial charge in [-0.15, -0.1) is 0 Å². The van der Waals surface area contributed by atoms with Gasteiger partial charge in [-0.05, 0) is 46.3 Å². The van der Waals surface area contributed by atoms with E-state index in [1.54, 1.807) is 24.3 Å². The second kappa shape index (κ2) is 6.46. The number of aliphatic hydroxyl groups excluding tert-OH is 1. The third-order valence-electron chi connectivity index (χ3n) is 2.85. The Morgan fingerprint density at radius 1 is 1.24 bits per heavy atom. The fourth-order valence-electron chi connectivity index (χ4n) is 1.79. The van der Waals surface area contributed by atoms with Crippen molar-refractivity contribution in [1.82, 2.24) is 0 Å². The summed E-state index contributed by atoms with van der Waals surface area (Å²) in [6.45, 7) is -0.304. The minimum Gasteiger partial charge on any atom is -0.496 e. The number of hydrogen-bond acceptors (Lipinski definition) is 4. The minimum absolute atomic E-state index is 0.0584. The maximum atomic E-state index is 12.4. The van der Waals surface area contributed by atoms with Crippen LogP contribution in [0.25, 0.3) is 0 Å². The molecule has 0 radical (unpaired) electrons. The average molecular weight is 372 g/mol. The van der Waals surface area contributed by atoms with Crippen molar-refractivity contribution in [3.05, 3.63) is 52.5 Å². The largest absolute Gasteiger partial charge is 0.496 e. The summed E-state index contributed by atoms with van der Waals surface area (Å²) >= 11 is 3.29. The lowest BCUT2D eigenvalue weighted by atomic mass is 10.2. The Labute approximate surface area is 131 Å². The summed E-state index contributed by atoms with van der Waals surface area (Å²) in [5.41, 5.74) is 0.853. The molecule has 0 saturated heterocycles. The Morgan fingerprint density at radius 3 is 2.57 bits per heavy atom. The molecule has 0 aliphatic heterocycles. The first kappa shape index (κ1) is 15.8. The molecule has 0 aliphatic carbocycles. The Morgan fingerprint density at radius 2 is 1.95 bits per heavy atom. The molecule has 0 spiro atoms. The second-order valence-corrected chi connectivity index (χ2v) is 6.75. The van der Waals surface area contributed by atoms with E-state index in [4.69, 9.17) is 4.74 Å². The lowest BCUT2D eigenvalue weighted by Gasteiger charge is -2.12. The van der Waals surface area contributed by atoms with Crippen molar-refractivity contribution < 1.29 is 18.3 Å². The van der Waals surface area contributed by atoms with Crippen molar-refractivity contribution in [3.63, 3.8) is 0 Å². The van der Waals surface area contributed by atoms with E-state index >= 15 is 0 Å². The third-order valence-corrected chi connectivity index (χ3v) is 4.91. The topological polar surface area (TPSA) is 75.6 Å². The lowest BCUT2D eigenvalue weighted by Crippen LogP contribution is -2.13. The quantitative estimate of drug-likeness (QED) is 0.846. The van der Waals surface area contributed by atoms with Crippen LogP contribution < -0.4 is 9.46 Å². The molecule has 0 bridgehead atoms. The van der Waals surface area contributed by atoms with Crippen LogP contribution in [0.1, 0.15) is 5.56 Å². The maximum absolute atomic E-state index is 12.4. The van der Waals surface area contributed by atoms with Crippen LogP contribution in [0.5, 0.6) is 5.75 Å². The molecule has 0 aromatic heterocycles. The van der Waals surface area contributed by atoms with Gasteiger partial charge in [0.05, 0.1) is 24.3 Å². The summed E-state index contributed by atoms with van der Waals surface area (Å²) in [5.74, 6) is 0.442. The number of nitrogens with one attached hydrogen (secondary N) is 1. The van der Waals surface area contributed by atoms with Gasteiger partial charge in [0.15, 0.2) is 0 Å². The van der Waals surface area contributed by atoms with Gasteiger partial charge in [-0.2, -0.15) is 0 Å². The normalized spacial score (nSPS) is 11.2. The number of anilines is 1. The van der Waals surface area contributed by atoms with Crippen LogP contribution >= 0.6 is 15.9 Å². The summed E-state index contributed by atoms with van der Waals surface area (Å²) in [6, 6.07) is 11.2. The van der Waals surface area contributed by atoms with Gasteiger partial charge in [0.1, 0.15) is 5.75 Å². The first-order chi connectivity index (χ1) is 9.97. The highest BCUT2D eigenvalue weighted by atomic mass is 79.9. The minimum atomic E-state index is -3.74. The molecular weight excluding hydrogens is 358 g/mol. The van der Waals surface area contributed by atoms with E-state index in [2.05, 4.69) is 20.7 Å². The predicted molar refractivity (Wildman–Crippen MR) is 83.9 cm³/mol. The molecule has 7 heteroatoms. The van der Waals surface area contributed by atoms with Crippen molar-refractivity contribution in [3.8, 4) is 5.75 Å². The second-order valence-electron chi connectivity index (χ2n) is 4.22. The van der Waals surface area contributed by atoms with Crippen LogP contribution in [-0.2, 0) is 16.6 Å². The zero-order valence-electron chi connectivity index (χ0n) is 11.2. The fraction of sp³-hybridized carbons (Fsp3) is 0.143. The van der Waals surface area contributed by atoms with Crippen molar-refractivity contribution in [2.75, 3.05) is 11.8 Å². The van der Waals surface area contributed by atoms with Gasteiger partial charge < -0.3 is 9.84 Å². The Kier molecular flexibility index (Phi) is 4.87. The van der Waals surface area contributed by atoms with Gasteiger partial charge >= 0.3 is 0 Å². The summed E-state index contributed by atoms with van der Waals surface area (Å²) in [4.78, 5) is 0.0584. The van der Waals surface area contributed by atoms with E-state index in [1.165, 1.54) is 25.3 Å². The van der Waals surface area contributed by atoms with Crippen molar-refractivity contribution in [2.45, 2.75) is 11.5 Å². The van der Waals surface area contributed by atoms with E-state index in [9.17, 15) is 13.5 Å². The molecule has 0 atom stereocenters. The van der Waals surface area contributed by atoms with Crippen LogP contribution in [0.3, 0.4) is 0 Å². The van der Waals surface area contributed by atoms with E-state index in [-0.39, 0.29) is 11.5 Å². The molecule has 0 aliphatic rings. The number of hydrogen-bond donors (Lipinski definition) is 2. The zero-order chi connectivity index (χ0) is 15.5. The highest BCUT2D eigenvalue weighted by Crippen LogP contribution is 2.27. The van der Waals surface area contributed by atoms with Crippen molar-refractivity contribution in [2.24, 2.45) is 0 Å². The molecule has 2 N–H and O–H groups in total. The highest BCUT2D eigenvalue weighted by Gasteiger charge is 2.17. The summed E-state index contributed by atoms with van der Waals surface area (Å²) < 4.78 is 32.9. The summed E-state index contributed by atoms with van der Waals surface area (Å²) in [6.07, 6.45) is 0. The first-order valence-corrected chi connectivity index (χ1v) is 8.30. The van der Waals surface area contributed by atoms with Crippen molar-refractivity contribution >= 4 is 31.6 Å². The monoisotopic (exact) mass is 371 g/mol. The van der Waals surface area contributed by atoms with Gasteiger partial charge in [-0.1, -0.05) is 12.1 Å². The van der Waals surface area contributed by atoms with Crippen molar-refractivity contribution in [1.29, 1.82) is 0 Å². The summed E-state index contributed by atoms with van der Waals surface area (Å²) in [7, 11) is -2.28. The molecule has 112 valence electrons. The number of ether oxygens (including phenoxy) is 1. The molecule has 2 aromatic carbocycles. The first-order valence-electron chi connectivity index (χ1n) is 6.03. The third kappa shape index (κ3) is 3.55. The number of sulfonamides is 1. The molecule has 0 unspecified atom stereocenters. The maximum Gasteiger partial charge on any atom is 0.261 e. The molecule has 0 heterocycles. The molecular formula is C14H14BrNO4S. The number of rotatable bonds is 5. The van der Waals surface area contributed by atoms with E-state index in [0.717, 1.165) is 0 Å². The number of aliphatic hydroxyl groups is 1. The molecule has 0 saturated carbocycles. The zero-order valence-corrected chi connectivity index (χ0v) is 13.6. The van der Waals surface area contributed by atoms with Crippen LogP contribution in [0.4, 0.5) is 5.69 Å². The average Bonchev–Trinajstić information content (AvgIpc) is 2.48. The van der Waals surface area contributed by atoms with Crippen LogP contribution in [-0.4, -0.2) is 20.6 Å². The number of para-hydroxylation sites is 1. The van der Waals surface area contributed by atoms with E-state index in [1.807, 2.05) is 0 Å². The standard InChI is InChI=1S/C14H14BrNO4S/c1-20-14-7-6-11(8-10(14)9-17)21(18,19)16-13-5-3-2-4-12(13)15/h2-8,16-17H,9H2,1H3. The molecule has 2 aromatic rings. The van der Waals surface area contributed by atoms with E-state index < -0.39 is 10.0 Å². The highest BCUT2D eigenvalue weighted by molar-refractivity contribution is 9.10. The predicted octanol–water partition coefficient (Wildman–Crippen LogP) is 2.75. The van der Waals surface area contributed by atoms with Crippen LogP contribution in [0.2, 0.25) is 0 Å². The van der Waals surface area contributed by atoms with Gasteiger partial charge in [0.25, 0.3) is 10.0 Å². The van der Waals surface area contributed by atoms with Crippen LogP contribution in [0, 0.1) is 0 Å². The molecule has 5 nitrogen and oxygen atoms in total.